The number of nitrogens with zero attached hydrogens (tertiary/aromatic N) is 1. The first-order valence-corrected chi connectivity index (χ1v) is 7.67. The summed E-state index contributed by atoms with van der Waals surface area (Å²) >= 11 is 0. The first-order chi connectivity index (χ1) is 10.3. The number of hydrogen-bond donors (Lipinski definition) is 2. The molecule has 1 heterocycles. The molecule has 0 aliphatic heterocycles. The lowest BCUT2D eigenvalue weighted by molar-refractivity contribution is 0.0693. The number of aromatic carboxylic acids is 1. The summed E-state index contributed by atoms with van der Waals surface area (Å²) in [5.41, 5.74) is 0.176. The van der Waals surface area contributed by atoms with Gasteiger partial charge in [-0.25, -0.2) is 17.9 Å². The number of carboxylic acids is 1. The van der Waals surface area contributed by atoms with Crippen molar-refractivity contribution in [1.82, 2.24) is 9.88 Å². The van der Waals surface area contributed by atoms with Crippen LogP contribution in [0, 0.1) is 0 Å². The molecule has 0 saturated heterocycles. The number of rotatable bonds is 6. The van der Waals surface area contributed by atoms with Crippen LogP contribution in [0.25, 0.3) is 0 Å². The van der Waals surface area contributed by atoms with E-state index in [0.29, 0.717) is 5.69 Å². The summed E-state index contributed by atoms with van der Waals surface area (Å²) < 4.78 is 36.6. The smallest absolute Gasteiger partial charge is 0.339 e. The summed E-state index contributed by atoms with van der Waals surface area (Å²) in [5, 5.41) is 12.8. The summed E-state index contributed by atoms with van der Waals surface area (Å²) in [6.07, 6.45) is 1.33. The van der Waals surface area contributed by atoms with E-state index >= 15 is 0 Å². The minimum Gasteiger partial charge on any atom is -0.496 e. The molecule has 1 aromatic carbocycles. The second-order valence-electron chi connectivity index (χ2n) is 4.43. The number of hydrogen-bond acceptors (Lipinski definition) is 6. The number of benzene rings is 1. The number of carboxylic acid groups (broad SMARTS) is 1. The molecular formula is C13H14N2O6S. The molecule has 118 valence electrons. The highest BCUT2D eigenvalue weighted by Crippen LogP contribution is 2.23. The number of carbonyl (C=O) groups is 1. The molecule has 9 heteroatoms. The van der Waals surface area contributed by atoms with Crippen molar-refractivity contribution in [2.75, 3.05) is 7.11 Å². The van der Waals surface area contributed by atoms with Crippen molar-refractivity contribution in [1.29, 1.82) is 0 Å². The van der Waals surface area contributed by atoms with Gasteiger partial charge in [-0.05, 0) is 25.1 Å². The molecule has 8 nitrogen and oxygen atoms in total. The fourth-order valence-electron chi connectivity index (χ4n) is 1.83. The summed E-state index contributed by atoms with van der Waals surface area (Å²) in [7, 11) is -2.61. The molecule has 22 heavy (non-hydrogen) atoms. The van der Waals surface area contributed by atoms with Gasteiger partial charge in [0, 0.05) is 6.07 Å². The van der Waals surface area contributed by atoms with E-state index in [1.165, 1.54) is 31.6 Å². The Morgan fingerprint density at radius 1 is 1.41 bits per heavy atom. The maximum absolute atomic E-state index is 12.3. The molecule has 0 fully saturated rings. The van der Waals surface area contributed by atoms with Gasteiger partial charge in [0.1, 0.15) is 23.3 Å². The van der Waals surface area contributed by atoms with Crippen molar-refractivity contribution in [2.45, 2.75) is 17.9 Å². The lowest BCUT2D eigenvalue weighted by Gasteiger charge is -2.13. The Morgan fingerprint density at radius 3 is 2.68 bits per heavy atom. The molecular weight excluding hydrogens is 312 g/mol. The highest BCUT2D eigenvalue weighted by molar-refractivity contribution is 7.89. The lowest BCUT2D eigenvalue weighted by atomic mass is 10.2. The number of ether oxygens (including phenoxy) is 1. The molecule has 1 atom stereocenters. The van der Waals surface area contributed by atoms with Crippen LogP contribution in [0.3, 0.4) is 0 Å². The molecule has 0 aliphatic carbocycles. The van der Waals surface area contributed by atoms with E-state index in [4.69, 9.17) is 9.84 Å². The fraction of sp³-hybridized carbons (Fsp3) is 0.231. The second-order valence-corrected chi connectivity index (χ2v) is 6.15. The first-order valence-electron chi connectivity index (χ1n) is 6.19. The standard InChI is InChI=1S/C13H14N2O6S/c1-8(11-5-6-21-14-11)15-22(18,19)9-3-4-12(20-2)10(7-9)13(16)17/h3-8,15H,1-2H3,(H,16,17). The van der Waals surface area contributed by atoms with Crippen LogP contribution < -0.4 is 9.46 Å². The summed E-state index contributed by atoms with van der Waals surface area (Å²) in [4.78, 5) is 11.0. The third kappa shape index (κ3) is 3.26. The van der Waals surface area contributed by atoms with Crippen LogP contribution in [0.4, 0.5) is 0 Å². The van der Waals surface area contributed by atoms with Crippen LogP contribution in [0.15, 0.2) is 39.9 Å². The van der Waals surface area contributed by atoms with Gasteiger partial charge >= 0.3 is 5.97 Å². The van der Waals surface area contributed by atoms with E-state index < -0.39 is 22.0 Å². The third-order valence-electron chi connectivity index (χ3n) is 2.95. The normalized spacial score (nSPS) is 12.8. The number of sulfonamides is 1. The second kappa shape index (κ2) is 6.16. The highest BCUT2D eigenvalue weighted by Gasteiger charge is 2.22. The van der Waals surface area contributed by atoms with Gasteiger partial charge in [0.25, 0.3) is 0 Å². The van der Waals surface area contributed by atoms with E-state index in [2.05, 4.69) is 14.4 Å². The molecule has 1 aromatic heterocycles. The fourth-order valence-corrected chi connectivity index (χ4v) is 3.07. The van der Waals surface area contributed by atoms with E-state index in [1.54, 1.807) is 6.92 Å². The molecule has 0 spiro atoms. The average Bonchev–Trinajstić information content (AvgIpc) is 3.00. The van der Waals surface area contributed by atoms with E-state index in [0.717, 1.165) is 6.07 Å². The minimum absolute atomic E-state index is 0.0796. The highest BCUT2D eigenvalue weighted by atomic mass is 32.2. The topological polar surface area (TPSA) is 119 Å². The molecule has 2 aromatic rings. The zero-order chi connectivity index (χ0) is 16.3. The van der Waals surface area contributed by atoms with E-state index in [9.17, 15) is 13.2 Å². The van der Waals surface area contributed by atoms with Crippen molar-refractivity contribution >= 4 is 16.0 Å². The zero-order valence-corrected chi connectivity index (χ0v) is 12.6. The SMILES string of the molecule is COc1ccc(S(=O)(=O)NC(C)c2ccon2)cc1C(=O)O. The maximum atomic E-state index is 12.3. The molecule has 1 unspecified atom stereocenters. The van der Waals surface area contributed by atoms with Gasteiger partial charge in [-0.3, -0.25) is 0 Å². The predicted molar refractivity (Wildman–Crippen MR) is 75.2 cm³/mol. The molecule has 0 bridgehead atoms. The number of methoxy groups -OCH3 is 1. The van der Waals surface area contributed by atoms with Gasteiger partial charge in [0.05, 0.1) is 18.0 Å². The average molecular weight is 326 g/mol. The van der Waals surface area contributed by atoms with Crippen LogP contribution in [0.2, 0.25) is 0 Å². The molecule has 0 saturated carbocycles. The Balaban J connectivity index is 2.33. The Kier molecular flexibility index (Phi) is 4.48. The van der Waals surface area contributed by atoms with Crippen molar-refractivity contribution in [3.05, 3.63) is 41.8 Å². The predicted octanol–water partition coefficient (Wildman–Crippen LogP) is 1.42. The lowest BCUT2D eigenvalue weighted by Crippen LogP contribution is -2.27. The van der Waals surface area contributed by atoms with Crippen LogP contribution in [0.1, 0.15) is 29.0 Å². The van der Waals surface area contributed by atoms with Crippen molar-refractivity contribution in [2.24, 2.45) is 0 Å². The van der Waals surface area contributed by atoms with Crippen LogP contribution >= 0.6 is 0 Å². The monoisotopic (exact) mass is 326 g/mol. The van der Waals surface area contributed by atoms with Crippen LogP contribution in [-0.4, -0.2) is 31.8 Å². The van der Waals surface area contributed by atoms with Gasteiger partial charge in [-0.2, -0.15) is 0 Å². The van der Waals surface area contributed by atoms with Gasteiger partial charge in [0.2, 0.25) is 10.0 Å². The summed E-state index contributed by atoms with van der Waals surface area (Å²) in [6, 6.07) is 4.50. The Hall–Kier alpha value is -2.39. The Labute approximate surface area is 126 Å². The number of aromatic nitrogens is 1. The molecule has 0 aliphatic rings. The quantitative estimate of drug-likeness (QED) is 0.824. The van der Waals surface area contributed by atoms with E-state index in [-0.39, 0.29) is 16.2 Å². The van der Waals surface area contributed by atoms with Crippen molar-refractivity contribution in [3.63, 3.8) is 0 Å². The van der Waals surface area contributed by atoms with Crippen LogP contribution in [0.5, 0.6) is 5.75 Å². The number of nitrogens with one attached hydrogen (secondary N) is 1. The summed E-state index contributed by atoms with van der Waals surface area (Å²) in [5.74, 6) is -1.20. The van der Waals surface area contributed by atoms with E-state index in [1.807, 2.05) is 0 Å². The Bertz CT molecular complexity index is 770. The first kappa shape index (κ1) is 16.0. The zero-order valence-electron chi connectivity index (χ0n) is 11.8. The van der Waals surface area contributed by atoms with Crippen molar-refractivity contribution in [3.8, 4) is 5.75 Å². The van der Waals surface area contributed by atoms with Gasteiger partial charge in [-0.1, -0.05) is 5.16 Å². The molecule has 2 N–H and O–H groups in total. The minimum atomic E-state index is -3.92. The van der Waals surface area contributed by atoms with Crippen molar-refractivity contribution < 1.29 is 27.6 Å². The Morgan fingerprint density at radius 2 is 2.14 bits per heavy atom. The van der Waals surface area contributed by atoms with Gasteiger partial charge in [0.15, 0.2) is 0 Å². The van der Waals surface area contributed by atoms with Gasteiger partial charge in [-0.15, -0.1) is 0 Å². The maximum Gasteiger partial charge on any atom is 0.339 e. The molecule has 2 rings (SSSR count). The molecule has 0 radical (unpaired) electrons. The van der Waals surface area contributed by atoms with Gasteiger partial charge < -0.3 is 14.4 Å². The largest absolute Gasteiger partial charge is 0.496 e. The summed E-state index contributed by atoms with van der Waals surface area (Å²) in [6.45, 7) is 1.59. The molecule has 0 amide bonds. The third-order valence-corrected chi connectivity index (χ3v) is 4.48. The van der Waals surface area contributed by atoms with Crippen LogP contribution in [-0.2, 0) is 10.0 Å².